The van der Waals surface area contributed by atoms with E-state index in [2.05, 4.69) is 60.7 Å². The summed E-state index contributed by atoms with van der Waals surface area (Å²) >= 11 is 0. The molecule has 0 aromatic carbocycles. The van der Waals surface area contributed by atoms with Gasteiger partial charge in [0.25, 0.3) is 0 Å². The van der Waals surface area contributed by atoms with Gasteiger partial charge in [0.15, 0.2) is 5.78 Å². The molecule has 0 aliphatic carbocycles. The van der Waals surface area contributed by atoms with Gasteiger partial charge in [0.05, 0.1) is 11.6 Å². The van der Waals surface area contributed by atoms with Gasteiger partial charge in [-0.1, -0.05) is 34.6 Å². The largest absolute Gasteiger partial charge is 0.379 e. The molecule has 0 radical (unpaired) electrons. The van der Waals surface area contributed by atoms with Crippen LogP contribution in [0.4, 0.5) is 0 Å². The third-order valence-corrected chi connectivity index (χ3v) is 5.80. The smallest absolute Gasteiger partial charge is 0.155 e. The van der Waals surface area contributed by atoms with Gasteiger partial charge >= 0.3 is 0 Å². The monoisotopic (exact) mass is 313 g/mol. The van der Waals surface area contributed by atoms with E-state index in [1.54, 1.807) is 7.11 Å². The molecule has 0 spiro atoms. The fourth-order valence-electron chi connectivity index (χ4n) is 2.68. The van der Waals surface area contributed by atoms with Gasteiger partial charge < -0.3 is 10.1 Å². The Hall–Kier alpha value is -0.410. The second kappa shape index (κ2) is 8.44. The SMILES string of the molecule is CCC(C)(CC)NC(CC(C)(C)OC)C(=O)C(C)(CC)CC. The fourth-order valence-corrected chi connectivity index (χ4v) is 2.68. The summed E-state index contributed by atoms with van der Waals surface area (Å²) in [5.41, 5.74) is -0.575. The average molecular weight is 314 g/mol. The highest BCUT2D eigenvalue weighted by molar-refractivity contribution is 5.89. The van der Waals surface area contributed by atoms with Crippen molar-refractivity contribution in [1.82, 2.24) is 5.32 Å². The number of hydrogen-bond acceptors (Lipinski definition) is 3. The van der Waals surface area contributed by atoms with Crippen molar-refractivity contribution in [3.63, 3.8) is 0 Å². The van der Waals surface area contributed by atoms with Crippen LogP contribution in [0.15, 0.2) is 0 Å². The second-order valence-electron chi connectivity index (χ2n) is 7.76. The molecule has 0 saturated carbocycles. The molecule has 3 nitrogen and oxygen atoms in total. The topological polar surface area (TPSA) is 38.3 Å². The lowest BCUT2D eigenvalue weighted by Crippen LogP contribution is -2.56. The number of Topliss-reactive ketones (excluding diaryl/α,β-unsaturated/α-hetero) is 1. The Morgan fingerprint density at radius 3 is 1.73 bits per heavy atom. The number of nitrogens with one attached hydrogen (secondary N) is 1. The van der Waals surface area contributed by atoms with Crippen molar-refractivity contribution in [1.29, 1.82) is 0 Å². The van der Waals surface area contributed by atoms with E-state index in [1.165, 1.54) is 0 Å². The molecule has 1 N–H and O–H groups in total. The van der Waals surface area contributed by atoms with Crippen molar-refractivity contribution in [2.75, 3.05) is 7.11 Å². The maximum Gasteiger partial charge on any atom is 0.155 e. The number of carbonyl (C=O) groups is 1. The lowest BCUT2D eigenvalue weighted by atomic mass is 9.75. The van der Waals surface area contributed by atoms with E-state index in [0.29, 0.717) is 12.2 Å². The molecule has 0 rings (SSSR count). The summed E-state index contributed by atoms with van der Waals surface area (Å²) in [5.74, 6) is 0.329. The van der Waals surface area contributed by atoms with Crippen LogP contribution in [0.2, 0.25) is 0 Å². The molecule has 0 amide bonds. The van der Waals surface area contributed by atoms with Crippen LogP contribution in [-0.4, -0.2) is 30.1 Å². The molecule has 0 heterocycles. The van der Waals surface area contributed by atoms with Gasteiger partial charge in [0, 0.05) is 18.1 Å². The van der Waals surface area contributed by atoms with E-state index in [-0.39, 0.29) is 22.6 Å². The molecule has 0 fully saturated rings. The average Bonchev–Trinajstić information content (AvgIpc) is 2.52. The zero-order valence-electron chi connectivity index (χ0n) is 16.4. The van der Waals surface area contributed by atoms with E-state index in [1.807, 2.05) is 0 Å². The van der Waals surface area contributed by atoms with Crippen molar-refractivity contribution in [3.05, 3.63) is 0 Å². The van der Waals surface area contributed by atoms with Crippen LogP contribution in [0.25, 0.3) is 0 Å². The summed E-state index contributed by atoms with van der Waals surface area (Å²) in [6, 6.07) is -0.162. The van der Waals surface area contributed by atoms with Gasteiger partial charge in [-0.2, -0.15) is 0 Å². The molecule has 0 aromatic heterocycles. The second-order valence-corrected chi connectivity index (χ2v) is 7.76. The summed E-state index contributed by atoms with van der Waals surface area (Å²) in [7, 11) is 1.72. The first-order valence-electron chi connectivity index (χ1n) is 8.90. The normalized spacial score (nSPS) is 15.0. The summed E-state index contributed by atoms with van der Waals surface area (Å²) in [5, 5.41) is 3.66. The summed E-state index contributed by atoms with van der Waals surface area (Å²) in [6.45, 7) is 17.0. The predicted molar refractivity (Wildman–Crippen MR) is 95.3 cm³/mol. The zero-order valence-corrected chi connectivity index (χ0v) is 16.4. The molecule has 0 bridgehead atoms. The quantitative estimate of drug-likeness (QED) is 0.599. The first kappa shape index (κ1) is 21.6. The Labute approximate surface area is 138 Å². The van der Waals surface area contributed by atoms with Crippen molar-refractivity contribution in [3.8, 4) is 0 Å². The van der Waals surface area contributed by atoms with E-state index >= 15 is 0 Å². The van der Waals surface area contributed by atoms with Gasteiger partial charge in [0.1, 0.15) is 0 Å². The molecular weight excluding hydrogens is 274 g/mol. The third kappa shape index (κ3) is 5.66. The van der Waals surface area contributed by atoms with Crippen molar-refractivity contribution >= 4 is 5.78 Å². The minimum absolute atomic E-state index is 0.00740. The van der Waals surface area contributed by atoms with Crippen LogP contribution >= 0.6 is 0 Å². The van der Waals surface area contributed by atoms with E-state index in [9.17, 15) is 4.79 Å². The van der Waals surface area contributed by atoms with Gasteiger partial charge in [-0.05, 0) is 52.9 Å². The Morgan fingerprint density at radius 1 is 0.955 bits per heavy atom. The Morgan fingerprint density at radius 2 is 1.41 bits per heavy atom. The maximum absolute atomic E-state index is 13.2. The van der Waals surface area contributed by atoms with Crippen LogP contribution < -0.4 is 5.32 Å². The highest BCUT2D eigenvalue weighted by Crippen LogP contribution is 2.32. The number of ether oxygens (including phenoxy) is 1. The van der Waals surface area contributed by atoms with Crippen molar-refractivity contribution in [2.45, 2.75) is 105 Å². The first-order chi connectivity index (χ1) is 10.0. The molecule has 3 heteroatoms. The van der Waals surface area contributed by atoms with Crippen LogP contribution in [0.3, 0.4) is 0 Å². The number of methoxy groups -OCH3 is 1. The van der Waals surface area contributed by atoms with E-state index < -0.39 is 0 Å². The highest BCUT2D eigenvalue weighted by atomic mass is 16.5. The minimum atomic E-state index is -0.307. The summed E-state index contributed by atoms with van der Waals surface area (Å²) in [4.78, 5) is 13.2. The molecule has 132 valence electrons. The number of rotatable bonds is 11. The summed E-state index contributed by atoms with van der Waals surface area (Å²) < 4.78 is 5.59. The molecule has 1 unspecified atom stereocenters. The maximum atomic E-state index is 13.2. The molecule has 22 heavy (non-hydrogen) atoms. The zero-order chi connectivity index (χ0) is 17.6. The lowest BCUT2D eigenvalue weighted by molar-refractivity contribution is -0.133. The van der Waals surface area contributed by atoms with Gasteiger partial charge in [-0.25, -0.2) is 0 Å². The van der Waals surface area contributed by atoms with Crippen LogP contribution in [0.1, 0.15) is 87.5 Å². The Kier molecular flexibility index (Phi) is 8.29. The standard InChI is InChI=1S/C19H39NO2/c1-10-18(7,11-2)16(21)15(14-17(5,6)22-9)20-19(8,12-3)13-4/h15,20H,10-14H2,1-9H3. The summed E-state index contributed by atoms with van der Waals surface area (Å²) in [6.07, 6.45) is 4.48. The van der Waals surface area contributed by atoms with Crippen molar-refractivity contribution < 1.29 is 9.53 Å². The molecule has 0 saturated heterocycles. The number of hydrogen-bond donors (Lipinski definition) is 1. The molecule has 0 aromatic rings. The minimum Gasteiger partial charge on any atom is -0.379 e. The third-order valence-electron chi connectivity index (χ3n) is 5.80. The van der Waals surface area contributed by atoms with Crippen LogP contribution in [0, 0.1) is 5.41 Å². The van der Waals surface area contributed by atoms with Gasteiger partial charge in [-0.3, -0.25) is 4.79 Å². The Balaban J connectivity index is 5.47. The van der Waals surface area contributed by atoms with E-state index in [4.69, 9.17) is 4.74 Å². The lowest BCUT2D eigenvalue weighted by Gasteiger charge is -2.40. The highest BCUT2D eigenvalue weighted by Gasteiger charge is 2.39. The van der Waals surface area contributed by atoms with Gasteiger partial charge in [-0.15, -0.1) is 0 Å². The Bertz CT molecular complexity index is 341. The van der Waals surface area contributed by atoms with E-state index in [0.717, 1.165) is 25.7 Å². The molecule has 0 aliphatic heterocycles. The predicted octanol–water partition coefficient (Wildman–Crippen LogP) is 4.73. The van der Waals surface area contributed by atoms with Crippen LogP contribution in [-0.2, 0) is 9.53 Å². The molecule has 1 atom stereocenters. The fraction of sp³-hybridized carbons (Fsp3) is 0.947. The first-order valence-corrected chi connectivity index (χ1v) is 8.90. The molecule has 0 aliphatic rings. The van der Waals surface area contributed by atoms with Crippen LogP contribution in [0.5, 0.6) is 0 Å². The molecular formula is C19H39NO2. The number of ketones is 1. The van der Waals surface area contributed by atoms with Gasteiger partial charge in [0.2, 0.25) is 0 Å². The van der Waals surface area contributed by atoms with Crippen molar-refractivity contribution in [2.24, 2.45) is 5.41 Å². The number of carbonyl (C=O) groups excluding carboxylic acids is 1.